The first-order valence-electron chi connectivity index (χ1n) is 5.76. The first-order chi connectivity index (χ1) is 8.35. The number of carbonyl (C=O) groups is 1. The van der Waals surface area contributed by atoms with Crippen LogP contribution in [0.1, 0.15) is 34.1 Å². The lowest BCUT2D eigenvalue weighted by Gasteiger charge is -2.25. The van der Waals surface area contributed by atoms with Crippen molar-refractivity contribution in [3.8, 4) is 0 Å². The third kappa shape index (κ3) is 5.62. The summed E-state index contributed by atoms with van der Waals surface area (Å²) in [5.41, 5.74) is 0.239. The van der Waals surface area contributed by atoms with Gasteiger partial charge in [0, 0.05) is 6.54 Å². The molecule has 0 saturated heterocycles. The van der Waals surface area contributed by atoms with Crippen molar-refractivity contribution in [1.29, 1.82) is 0 Å². The maximum absolute atomic E-state index is 11.2. The van der Waals surface area contributed by atoms with E-state index in [1.165, 1.54) is 6.92 Å². The van der Waals surface area contributed by atoms with Gasteiger partial charge in [-0.05, 0) is 40.7 Å². The molecule has 0 fully saturated rings. The van der Waals surface area contributed by atoms with E-state index in [-0.39, 0.29) is 17.2 Å². The molecule has 0 aromatic heterocycles. The molecule has 0 aromatic carbocycles. The van der Waals surface area contributed by atoms with Gasteiger partial charge in [0.05, 0.1) is 11.3 Å². The van der Waals surface area contributed by atoms with Crippen LogP contribution in [0.25, 0.3) is 0 Å². The summed E-state index contributed by atoms with van der Waals surface area (Å²) < 4.78 is 0. The predicted octanol–water partition coefficient (Wildman–Crippen LogP) is 0.561. The molecule has 0 bridgehead atoms. The topological polar surface area (TPSA) is 106 Å². The molecule has 0 aliphatic rings. The Morgan fingerprint density at radius 3 is 2.28 bits per heavy atom. The van der Waals surface area contributed by atoms with Crippen LogP contribution in [0.2, 0.25) is 0 Å². The van der Waals surface area contributed by atoms with E-state index in [2.05, 4.69) is 20.9 Å². The van der Waals surface area contributed by atoms with Crippen LogP contribution in [0.15, 0.2) is 10.3 Å². The molecule has 0 aliphatic carbocycles. The second kappa shape index (κ2) is 7.65. The highest BCUT2D eigenvalue weighted by Crippen LogP contribution is 2.04. The van der Waals surface area contributed by atoms with E-state index in [0.717, 1.165) is 0 Å². The summed E-state index contributed by atoms with van der Waals surface area (Å²) in [5, 5.41) is 28.9. The third-order valence-corrected chi connectivity index (χ3v) is 2.74. The Bertz CT molecular complexity index is 337. The van der Waals surface area contributed by atoms with Crippen LogP contribution in [0.4, 0.5) is 0 Å². The summed E-state index contributed by atoms with van der Waals surface area (Å²) in [6.45, 7) is 8.11. The zero-order valence-corrected chi connectivity index (χ0v) is 11.3. The van der Waals surface area contributed by atoms with E-state index in [0.29, 0.717) is 25.2 Å². The molecule has 104 valence electrons. The minimum Gasteiger partial charge on any atom is -0.411 e. The average molecular weight is 258 g/mol. The number of hydrogen-bond acceptors (Lipinski definition) is 6. The Labute approximate surface area is 107 Å². The van der Waals surface area contributed by atoms with Gasteiger partial charge in [-0.1, -0.05) is 10.3 Å². The number of carbonyl (C=O) groups excluding carboxylic acids is 1. The Kier molecular flexibility index (Phi) is 6.96. The highest BCUT2D eigenvalue weighted by atomic mass is 16.4. The van der Waals surface area contributed by atoms with Crippen molar-refractivity contribution in [2.75, 3.05) is 13.1 Å². The summed E-state index contributed by atoms with van der Waals surface area (Å²) in [4.78, 5) is 11.2. The SMILES string of the molecule is C/C(=N\O)C(=O)NCCCNC(C)(C)/C(C)=N/O. The van der Waals surface area contributed by atoms with Crippen LogP contribution in [0.5, 0.6) is 0 Å². The Hall–Kier alpha value is -1.63. The normalized spacial score (nSPS) is 13.6. The van der Waals surface area contributed by atoms with Crippen molar-refractivity contribution in [3.05, 3.63) is 0 Å². The van der Waals surface area contributed by atoms with Gasteiger partial charge in [-0.2, -0.15) is 0 Å². The summed E-state index contributed by atoms with van der Waals surface area (Å²) >= 11 is 0. The van der Waals surface area contributed by atoms with Crippen LogP contribution in [0.3, 0.4) is 0 Å². The van der Waals surface area contributed by atoms with Gasteiger partial charge in [-0.25, -0.2) is 0 Å². The van der Waals surface area contributed by atoms with Gasteiger partial charge in [0.25, 0.3) is 5.91 Å². The molecule has 0 aliphatic heterocycles. The highest BCUT2D eigenvalue weighted by Gasteiger charge is 2.20. The van der Waals surface area contributed by atoms with Gasteiger partial charge in [-0.3, -0.25) is 4.79 Å². The fourth-order valence-electron chi connectivity index (χ4n) is 1.12. The van der Waals surface area contributed by atoms with Crippen molar-refractivity contribution in [3.63, 3.8) is 0 Å². The molecule has 7 nitrogen and oxygen atoms in total. The molecule has 0 unspecified atom stereocenters. The molecule has 0 radical (unpaired) electrons. The van der Waals surface area contributed by atoms with E-state index in [1.807, 2.05) is 13.8 Å². The lowest BCUT2D eigenvalue weighted by molar-refractivity contribution is -0.114. The van der Waals surface area contributed by atoms with Crippen molar-refractivity contribution in [2.24, 2.45) is 10.3 Å². The van der Waals surface area contributed by atoms with E-state index < -0.39 is 0 Å². The van der Waals surface area contributed by atoms with Gasteiger partial charge in [0.1, 0.15) is 5.71 Å². The summed E-state index contributed by atoms with van der Waals surface area (Å²) in [6.07, 6.45) is 0.715. The smallest absolute Gasteiger partial charge is 0.268 e. The van der Waals surface area contributed by atoms with Crippen LogP contribution < -0.4 is 10.6 Å². The second-order valence-corrected chi connectivity index (χ2v) is 4.53. The maximum Gasteiger partial charge on any atom is 0.268 e. The van der Waals surface area contributed by atoms with Crippen molar-refractivity contribution >= 4 is 17.3 Å². The monoisotopic (exact) mass is 258 g/mol. The van der Waals surface area contributed by atoms with Crippen molar-refractivity contribution < 1.29 is 15.2 Å². The van der Waals surface area contributed by atoms with Gasteiger partial charge in [0.15, 0.2) is 0 Å². The van der Waals surface area contributed by atoms with E-state index in [9.17, 15) is 4.79 Å². The summed E-state index contributed by atoms with van der Waals surface area (Å²) in [5.74, 6) is -0.384. The number of amides is 1. The highest BCUT2D eigenvalue weighted by molar-refractivity contribution is 6.37. The fraction of sp³-hybridized carbons (Fsp3) is 0.727. The van der Waals surface area contributed by atoms with Gasteiger partial charge in [-0.15, -0.1) is 0 Å². The molecule has 1 amide bonds. The molecule has 4 N–H and O–H groups in total. The number of nitrogens with zero attached hydrogens (tertiary/aromatic N) is 2. The zero-order valence-electron chi connectivity index (χ0n) is 11.3. The standard InChI is InChI=1S/C11H22N4O3/c1-8(14-17)10(16)12-6-5-7-13-11(3,4)9(2)15-18/h13,17-18H,5-7H2,1-4H3,(H,12,16)/b14-8+,15-9+. The quantitative estimate of drug-likeness (QED) is 0.232. The van der Waals surface area contributed by atoms with Crippen molar-refractivity contribution in [2.45, 2.75) is 39.7 Å². The van der Waals surface area contributed by atoms with Crippen LogP contribution >= 0.6 is 0 Å². The summed E-state index contributed by atoms with van der Waals surface area (Å²) in [6, 6.07) is 0. The predicted molar refractivity (Wildman–Crippen MR) is 69.5 cm³/mol. The molecule has 0 spiro atoms. The van der Waals surface area contributed by atoms with Crippen LogP contribution in [0, 0.1) is 0 Å². The second-order valence-electron chi connectivity index (χ2n) is 4.53. The Morgan fingerprint density at radius 2 is 1.78 bits per heavy atom. The third-order valence-electron chi connectivity index (χ3n) is 2.74. The minimum absolute atomic E-state index is 0.0338. The fourth-order valence-corrected chi connectivity index (χ4v) is 1.12. The molecular formula is C11H22N4O3. The Balaban J connectivity index is 3.86. The lowest BCUT2D eigenvalue weighted by atomic mass is 9.99. The largest absolute Gasteiger partial charge is 0.411 e. The number of oxime groups is 2. The van der Waals surface area contributed by atoms with E-state index in [4.69, 9.17) is 10.4 Å². The molecule has 0 heterocycles. The molecule has 18 heavy (non-hydrogen) atoms. The van der Waals surface area contributed by atoms with E-state index in [1.54, 1.807) is 6.92 Å². The maximum atomic E-state index is 11.2. The van der Waals surface area contributed by atoms with Gasteiger partial charge in [0.2, 0.25) is 0 Å². The average Bonchev–Trinajstić information content (AvgIpc) is 2.35. The number of hydrogen-bond donors (Lipinski definition) is 4. The van der Waals surface area contributed by atoms with Crippen LogP contribution in [-0.4, -0.2) is 46.4 Å². The first kappa shape index (κ1) is 16.4. The molecule has 0 atom stereocenters. The van der Waals surface area contributed by atoms with Gasteiger partial charge < -0.3 is 21.0 Å². The van der Waals surface area contributed by atoms with Gasteiger partial charge >= 0.3 is 0 Å². The molecule has 0 rings (SSSR count). The van der Waals surface area contributed by atoms with E-state index >= 15 is 0 Å². The molecule has 0 saturated carbocycles. The number of rotatable bonds is 7. The first-order valence-corrected chi connectivity index (χ1v) is 5.76. The van der Waals surface area contributed by atoms with Crippen LogP contribution in [-0.2, 0) is 4.79 Å². The Morgan fingerprint density at radius 1 is 1.17 bits per heavy atom. The molecule has 7 heteroatoms. The summed E-state index contributed by atoms with van der Waals surface area (Å²) in [7, 11) is 0. The molecule has 0 aromatic rings. The van der Waals surface area contributed by atoms with Crippen molar-refractivity contribution in [1.82, 2.24) is 10.6 Å². The zero-order chi connectivity index (χ0) is 14.2. The lowest BCUT2D eigenvalue weighted by Crippen LogP contribution is -2.46. The minimum atomic E-state index is -0.388. The molecular weight excluding hydrogens is 236 g/mol. The number of nitrogens with one attached hydrogen (secondary N) is 2.